The molecule has 2 aliphatic heterocycles. The van der Waals surface area contributed by atoms with Gasteiger partial charge in [0.1, 0.15) is 17.4 Å². The standard InChI is InChI=1S/C27H28FN3O2.C26H30FN3O2/c1-18(14-26(32)21-7-6-19-4-2-3-5-20(19)15-21)17-30-12-10-23(11-13-30)31-25-16-22(28)8-9-24(25)29-27(31)33;1-17(13-25(31)22-15-21(22)18-5-3-2-4-6-18)16-29-11-9-20(10-12-29)30-24-14-19(27)7-8-23(24)28-26(30)32/h2-9,15-16,18,23H,10-14,17H2,1H3,(H,29,33);2-8,14,17,20-22H,9-13,15-16H2,1H3,(H,28,32)/t18-;17-,21+,22-/m11/s1. The van der Waals surface area contributed by atoms with Crippen LogP contribution in [0.3, 0.4) is 0 Å². The molecular formula is C53H58F2N6O4. The van der Waals surface area contributed by atoms with Crippen molar-refractivity contribution >= 4 is 44.4 Å². The van der Waals surface area contributed by atoms with Crippen molar-refractivity contribution in [2.75, 3.05) is 39.3 Å². The molecule has 65 heavy (non-hydrogen) atoms. The summed E-state index contributed by atoms with van der Waals surface area (Å²) in [5.74, 6) is 1.07. The number of nitrogens with one attached hydrogen (secondary N) is 2. The Hall–Kier alpha value is -5.98. The molecule has 2 aromatic heterocycles. The number of carbonyl (C=O) groups excluding carboxylic acids is 2. The van der Waals surface area contributed by atoms with Gasteiger partial charge in [-0.25, -0.2) is 18.4 Å². The molecule has 2 saturated heterocycles. The van der Waals surface area contributed by atoms with E-state index in [-0.39, 0.29) is 52.7 Å². The van der Waals surface area contributed by atoms with E-state index in [2.05, 4.69) is 51.8 Å². The first-order chi connectivity index (χ1) is 31.5. The topological polar surface area (TPSA) is 116 Å². The highest BCUT2D eigenvalue weighted by Crippen LogP contribution is 2.48. The predicted octanol–water partition coefficient (Wildman–Crippen LogP) is 9.67. The molecule has 5 aromatic carbocycles. The van der Waals surface area contributed by atoms with Crippen LogP contribution >= 0.6 is 0 Å². The van der Waals surface area contributed by atoms with Gasteiger partial charge in [-0.15, -0.1) is 0 Å². The Labute approximate surface area is 377 Å². The van der Waals surface area contributed by atoms with Crippen LogP contribution in [0.4, 0.5) is 8.78 Å². The average Bonchev–Trinajstić information content (AvgIpc) is 3.96. The second kappa shape index (κ2) is 19.2. The van der Waals surface area contributed by atoms with Crippen LogP contribution in [0.2, 0.25) is 0 Å². The number of aromatic nitrogens is 4. The smallest absolute Gasteiger partial charge is 0.306 e. The molecule has 12 heteroatoms. The fourth-order valence-electron chi connectivity index (χ4n) is 10.6. The van der Waals surface area contributed by atoms with Gasteiger partial charge in [0.2, 0.25) is 0 Å². The number of nitrogens with zero attached hydrogens (tertiary/aromatic N) is 4. The highest BCUT2D eigenvalue weighted by atomic mass is 19.1. The average molecular weight is 881 g/mol. The number of H-pyrrole nitrogens is 2. The highest BCUT2D eigenvalue weighted by molar-refractivity contribution is 6.00. The number of ketones is 2. The number of halogens is 2. The molecule has 7 aromatic rings. The van der Waals surface area contributed by atoms with Crippen molar-refractivity contribution in [2.45, 2.75) is 76.8 Å². The largest absolute Gasteiger partial charge is 0.326 e. The van der Waals surface area contributed by atoms with E-state index in [0.717, 1.165) is 87.7 Å². The molecule has 10 rings (SSSR count). The molecule has 1 saturated carbocycles. The first-order valence-corrected chi connectivity index (χ1v) is 23.3. The maximum atomic E-state index is 13.7. The summed E-state index contributed by atoms with van der Waals surface area (Å²) in [6.07, 6.45) is 5.49. The van der Waals surface area contributed by atoms with Gasteiger partial charge < -0.3 is 19.8 Å². The van der Waals surface area contributed by atoms with Gasteiger partial charge in [0.15, 0.2) is 5.78 Å². The Morgan fingerprint density at radius 1 is 0.615 bits per heavy atom. The number of Topliss-reactive ketones (excluding diaryl/α,β-unsaturated/α-hetero) is 2. The van der Waals surface area contributed by atoms with Crippen LogP contribution in [-0.2, 0) is 4.79 Å². The van der Waals surface area contributed by atoms with Gasteiger partial charge >= 0.3 is 11.4 Å². The van der Waals surface area contributed by atoms with Crippen LogP contribution < -0.4 is 11.4 Å². The summed E-state index contributed by atoms with van der Waals surface area (Å²) in [7, 11) is 0. The van der Waals surface area contributed by atoms with Crippen molar-refractivity contribution in [3.05, 3.63) is 153 Å². The number of benzene rings is 5. The molecule has 4 atom stereocenters. The third-order valence-corrected chi connectivity index (χ3v) is 13.9. The molecule has 338 valence electrons. The zero-order valence-electron chi connectivity index (χ0n) is 37.2. The Balaban J connectivity index is 0.000000164. The molecule has 0 bridgehead atoms. The molecule has 1 aliphatic carbocycles. The van der Waals surface area contributed by atoms with Crippen molar-refractivity contribution in [2.24, 2.45) is 17.8 Å². The van der Waals surface area contributed by atoms with Gasteiger partial charge in [0, 0.05) is 75.7 Å². The quantitative estimate of drug-likeness (QED) is 0.112. The van der Waals surface area contributed by atoms with Crippen LogP contribution in [0.5, 0.6) is 0 Å². The van der Waals surface area contributed by atoms with Gasteiger partial charge in [-0.05, 0) is 109 Å². The molecule has 2 N–H and O–H groups in total. The van der Waals surface area contributed by atoms with E-state index in [4.69, 9.17) is 0 Å². The number of piperidine rings is 2. The SMILES string of the molecule is C[C@H](CC(=O)[C@@H]1C[C@H]1c1ccccc1)CN1CCC(n2c(=O)[nH]c3ccc(F)cc32)CC1.C[C@H](CC(=O)c1ccc2ccccc2c1)CN1CCC(n2c(=O)[nH]c3ccc(F)cc32)CC1. The Kier molecular flexibility index (Phi) is 13.1. The molecule has 0 spiro atoms. The number of likely N-dealkylation sites (tertiary alicyclic amines) is 2. The summed E-state index contributed by atoms with van der Waals surface area (Å²) >= 11 is 0. The minimum Gasteiger partial charge on any atom is -0.306 e. The maximum Gasteiger partial charge on any atom is 0.326 e. The summed E-state index contributed by atoms with van der Waals surface area (Å²) in [5, 5.41) is 2.23. The molecule has 3 aliphatic rings. The first kappa shape index (κ1) is 44.2. The zero-order chi connectivity index (χ0) is 45.2. The Morgan fingerprint density at radius 3 is 1.68 bits per heavy atom. The molecule has 10 nitrogen and oxygen atoms in total. The van der Waals surface area contributed by atoms with Crippen LogP contribution in [0.1, 0.15) is 92.7 Å². The van der Waals surface area contributed by atoms with E-state index in [0.29, 0.717) is 52.5 Å². The molecule has 0 unspecified atom stereocenters. The monoisotopic (exact) mass is 880 g/mol. The lowest BCUT2D eigenvalue weighted by atomic mass is 9.96. The number of imidazole rings is 2. The lowest BCUT2D eigenvalue weighted by molar-refractivity contribution is -0.121. The number of hydrogen-bond acceptors (Lipinski definition) is 6. The van der Waals surface area contributed by atoms with Gasteiger partial charge in [-0.2, -0.15) is 0 Å². The second-order valence-electron chi connectivity index (χ2n) is 18.9. The molecule has 0 amide bonds. The summed E-state index contributed by atoms with van der Waals surface area (Å²) in [5.41, 5.74) is 4.34. The number of fused-ring (bicyclic) bond motifs is 3. The number of hydrogen-bond donors (Lipinski definition) is 2. The van der Waals surface area contributed by atoms with E-state index in [9.17, 15) is 28.0 Å². The van der Waals surface area contributed by atoms with Gasteiger partial charge in [-0.3, -0.25) is 18.7 Å². The van der Waals surface area contributed by atoms with E-state index in [1.54, 1.807) is 21.3 Å². The normalized spacial score (nSPS) is 19.6. The van der Waals surface area contributed by atoms with Crippen LogP contribution in [0, 0.1) is 29.4 Å². The minimum atomic E-state index is -0.336. The van der Waals surface area contributed by atoms with Crippen molar-refractivity contribution in [1.29, 1.82) is 0 Å². The summed E-state index contributed by atoms with van der Waals surface area (Å²) in [6, 6.07) is 33.3. The molecule has 3 fully saturated rings. The van der Waals surface area contributed by atoms with Crippen LogP contribution in [-0.4, -0.2) is 79.7 Å². The molecular weight excluding hydrogens is 823 g/mol. The lowest BCUT2D eigenvalue weighted by Crippen LogP contribution is -2.39. The van der Waals surface area contributed by atoms with Crippen LogP contribution in [0.25, 0.3) is 32.8 Å². The number of carbonyl (C=O) groups is 2. The summed E-state index contributed by atoms with van der Waals surface area (Å²) < 4.78 is 30.9. The zero-order valence-corrected chi connectivity index (χ0v) is 37.2. The van der Waals surface area contributed by atoms with E-state index in [1.165, 1.54) is 29.8 Å². The minimum absolute atomic E-state index is 0.0545. The number of rotatable bonds is 13. The fraction of sp³-hybridized carbons (Fsp3) is 0.396. The first-order valence-electron chi connectivity index (χ1n) is 23.3. The van der Waals surface area contributed by atoms with Crippen molar-refractivity contribution in [1.82, 2.24) is 28.9 Å². The van der Waals surface area contributed by atoms with E-state index < -0.39 is 0 Å². The number of aromatic amines is 2. The highest BCUT2D eigenvalue weighted by Gasteiger charge is 2.43. The van der Waals surface area contributed by atoms with Gasteiger partial charge in [-0.1, -0.05) is 80.6 Å². The van der Waals surface area contributed by atoms with E-state index in [1.807, 2.05) is 54.6 Å². The third kappa shape index (κ3) is 10.1. The van der Waals surface area contributed by atoms with Crippen molar-refractivity contribution < 1.29 is 18.4 Å². The Morgan fingerprint density at radius 2 is 1.12 bits per heavy atom. The molecule has 0 radical (unpaired) electrons. The summed E-state index contributed by atoms with van der Waals surface area (Å²) in [4.78, 5) is 61.0. The van der Waals surface area contributed by atoms with Crippen molar-refractivity contribution in [3.63, 3.8) is 0 Å². The van der Waals surface area contributed by atoms with Gasteiger partial charge in [0.05, 0.1) is 22.1 Å². The lowest BCUT2D eigenvalue weighted by Gasteiger charge is -2.34. The van der Waals surface area contributed by atoms with Crippen LogP contribution in [0.15, 0.2) is 119 Å². The second-order valence-corrected chi connectivity index (χ2v) is 18.9. The fourth-order valence-corrected chi connectivity index (χ4v) is 10.6. The third-order valence-electron chi connectivity index (χ3n) is 13.9. The molecule has 4 heterocycles. The summed E-state index contributed by atoms with van der Waals surface area (Å²) in [6.45, 7) is 9.51. The van der Waals surface area contributed by atoms with E-state index >= 15 is 0 Å². The Bertz CT molecular complexity index is 2920. The van der Waals surface area contributed by atoms with Crippen molar-refractivity contribution in [3.8, 4) is 0 Å². The predicted molar refractivity (Wildman–Crippen MR) is 253 cm³/mol. The maximum absolute atomic E-state index is 13.7. The van der Waals surface area contributed by atoms with Gasteiger partial charge in [0.25, 0.3) is 0 Å².